The van der Waals surface area contributed by atoms with Crippen molar-refractivity contribution in [3.8, 4) is 11.6 Å². The average molecular weight is 337 g/mol. The maximum Gasteiger partial charge on any atom is 0.238 e. The topological polar surface area (TPSA) is 73.1 Å². The largest absolute Gasteiger partial charge is 0.437 e. The zero-order valence-electron chi connectivity index (χ0n) is 11.6. The van der Waals surface area contributed by atoms with Crippen LogP contribution in [-0.4, -0.2) is 9.97 Å². The third-order valence-electron chi connectivity index (χ3n) is 2.98. The van der Waals surface area contributed by atoms with E-state index in [9.17, 15) is 0 Å². The molecule has 0 aliphatic carbocycles. The molecule has 0 unspecified atom stereocenters. The van der Waals surface area contributed by atoms with E-state index >= 15 is 0 Å². The van der Waals surface area contributed by atoms with Gasteiger partial charge in [-0.2, -0.15) is 0 Å². The predicted octanol–water partition coefficient (Wildman–Crippen LogP) is 3.75. The molecule has 2 rings (SSSR count). The highest BCUT2D eigenvalue weighted by Gasteiger charge is 2.12. The molecule has 1 aromatic heterocycles. The fourth-order valence-electron chi connectivity index (χ4n) is 1.72. The van der Waals surface area contributed by atoms with Gasteiger partial charge in [0.25, 0.3) is 0 Å². The van der Waals surface area contributed by atoms with Gasteiger partial charge in [-0.3, -0.25) is 0 Å². The van der Waals surface area contributed by atoms with E-state index in [2.05, 4.69) is 51.2 Å². The summed E-state index contributed by atoms with van der Waals surface area (Å²) in [6, 6.07) is 6.18. The summed E-state index contributed by atoms with van der Waals surface area (Å²) in [5, 5.41) is 0. The van der Waals surface area contributed by atoms with Crippen LogP contribution >= 0.6 is 15.9 Å². The molecule has 6 heteroatoms. The molecular weight excluding hydrogens is 320 g/mol. The van der Waals surface area contributed by atoms with E-state index in [1.807, 2.05) is 19.1 Å². The number of anilines is 1. The zero-order valence-corrected chi connectivity index (χ0v) is 13.2. The lowest BCUT2D eigenvalue weighted by Gasteiger charge is -2.13. The van der Waals surface area contributed by atoms with Gasteiger partial charge in [0.2, 0.25) is 5.88 Å². The summed E-state index contributed by atoms with van der Waals surface area (Å²) in [5.41, 5.74) is 4.75. The molecule has 2 aromatic rings. The van der Waals surface area contributed by atoms with Crippen LogP contribution in [0.15, 0.2) is 29.0 Å². The van der Waals surface area contributed by atoms with Gasteiger partial charge in [-0.25, -0.2) is 15.8 Å². The second kappa shape index (κ2) is 6.19. The minimum Gasteiger partial charge on any atom is -0.437 e. The highest BCUT2D eigenvalue weighted by molar-refractivity contribution is 9.10. The van der Waals surface area contributed by atoms with Crippen molar-refractivity contribution >= 4 is 21.7 Å². The Kier molecular flexibility index (Phi) is 4.57. The first kappa shape index (κ1) is 14.7. The van der Waals surface area contributed by atoms with Crippen molar-refractivity contribution in [1.82, 2.24) is 9.97 Å². The van der Waals surface area contributed by atoms with Gasteiger partial charge < -0.3 is 10.2 Å². The number of aromatic nitrogens is 2. The van der Waals surface area contributed by atoms with Crippen molar-refractivity contribution in [3.05, 3.63) is 40.1 Å². The number of hydrogen-bond donors (Lipinski definition) is 2. The van der Waals surface area contributed by atoms with Gasteiger partial charge in [0, 0.05) is 0 Å². The van der Waals surface area contributed by atoms with Crippen LogP contribution in [-0.2, 0) is 0 Å². The van der Waals surface area contributed by atoms with Crippen molar-refractivity contribution in [2.45, 2.75) is 26.7 Å². The summed E-state index contributed by atoms with van der Waals surface area (Å²) in [7, 11) is 0. The third kappa shape index (κ3) is 3.08. The number of nitrogens with one attached hydrogen (secondary N) is 1. The van der Waals surface area contributed by atoms with E-state index in [0.29, 0.717) is 22.1 Å². The molecular formula is C14H17BrN4O. The number of nitrogens with two attached hydrogens (primary N) is 1. The molecule has 0 radical (unpaired) electrons. The molecule has 0 amide bonds. The first-order valence-electron chi connectivity index (χ1n) is 6.28. The Labute approximate surface area is 126 Å². The van der Waals surface area contributed by atoms with Crippen LogP contribution in [0, 0.1) is 6.92 Å². The average Bonchev–Trinajstić information content (AvgIpc) is 2.43. The zero-order chi connectivity index (χ0) is 14.7. The van der Waals surface area contributed by atoms with Crippen LogP contribution < -0.4 is 16.0 Å². The summed E-state index contributed by atoms with van der Waals surface area (Å²) in [6.45, 7) is 6.29. The van der Waals surface area contributed by atoms with Crippen LogP contribution in [0.25, 0.3) is 0 Å². The maximum atomic E-state index is 5.88. The van der Waals surface area contributed by atoms with E-state index < -0.39 is 0 Å². The number of hydrogen-bond acceptors (Lipinski definition) is 5. The van der Waals surface area contributed by atoms with E-state index in [1.165, 1.54) is 11.9 Å². The molecule has 1 heterocycles. The monoisotopic (exact) mass is 336 g/mol. The minimum absolute atomic E-state index is 0.428. The molecule has 20 heavy (non-hydrogen) atoms. The lowest BCUT2D eigenvalue weighted by atomic mass is 10.0. The SMILES string of the molecule is Cc1ccc(C(C)C)cc1Oc1ncnc(NN)c1Br. The van der Waals surface area contributed by atoms with Crippen LogP contribution in [0.4, 0.5) is 5.82 Å². The quantitative estimate of drug-likeness (QED) is 0.657. The summed E-state index contributed by atoms with van der Waals surface area (Å²) >= 11 is 3.38. The highest BCUT2D eigenvalue weighted by atomic mass is 79.9. The molecule has 1 aromatic carbocycles. The molecule has 0 saturated heterocycles. The van der Waals surface area contributed by atoms with E-state index in [1.54, 1.807) is 0 Å². The highest BCUT2D eigenvalue weighted by Crippen LogP contribution is 2.34. The number of benzene rings is 1. The molecule has 0 aliphatic heterocycles. The minimum atomic E-state index is 0.428. The molecule has 0 fully saturated rings. The number of nitrogens with zero attached hydrogens (tertiary/aromatic N) is 2. The molecule has 0 saturated carbocycles. The lowest BCUT2D eigenvalue weighted by Crippen LogP contribution is -2.10. The fourth-order valence-corrected chi connectivity index (χ4v) is 2.12. The molecule has 3 N–H and O–H groups in total. The Morgan fingerprint density at radius 3 is 2.70 bits per heavy atom. The molecule has 0 bridgehead atoms. The van der Waals surface area contributed by atoms with Crippen molar-refractivity contribution in [2.24, 2.45) is 5.84 Å². The van der Waals surface area contributed by atoms with Crippen LogP contribution in [0.3, 0.4) is 0 Å². The van der Waals surface area contributed by atoms with Gasteiger partial charge >= 0.3 is 0 Å². The molecule has 0 aliphatic rings. The van der Waals surface area contributed by atoms with Gasteiger partial charge in [-0.1, -0.05) is 26.0 Å². The third-order valence-corrected chi connectivity index (χ3v) is 3.69. The smallest absolute Gasteiger partial charge is 0.238 e. The number of nitrogen functional groups attached to an aromatic ring is 1. The van der Waals surface area contributed by atoms with Crippen LogP contribution in [0.1, 0.15) is 30.9 Å². The first-order valence-corrected chi connectivity index (χ1v) is 7.07. The summed E-state index contributed by atoms with van der Waals surface area (Å²) < 4.78 is 6.47. The van der Waals surface area contributed by atoms with Crippen molar-refractivity contribution in [2.75, 3.05) is 5.43 Å². The van der Waals surface area contributed by atoms with E-state index in [-0.39, 0.29) is 0 Å². The van der Waals surface area contributed by atoms with Gasteiger partial charge in [-0.15, -0.1) is 0 Å². The maximum absolute atomic E-state index is 5.88. The Morgan fingerprint density at radius 2 is 2.05 bits per heavy atom. The van der Waals surface area contributed by atoms with Gasteiger partial charge in [-0.05, 0) is 46.0 Å². The Hall–Kier alpha value is -1.66. The summed E-state index contributed by atoms with van der Waals surface area (Å²) in [4.78, 5) is 8.12. The van der Waals surface area contributed by atoms with Crippen LogP contribution in [0.5, 0.6) is 11.6 Å². The molecule has 0 spiro atoms. The van der Waals surface area contributed by atoms with Gasteiger partial charge in [0.1, 0.15) is 16.5 Å². The number of rotatable bonds is 4. The molecule has 5 nitrogen and oxygen atoms in total. The number of aryl methyl sites for hydroxylation is 1. The second-order valence-electron chi connectivity index (χ2n) is 4.77. The number of halogens is 1. The normalized spacial score (nSPS) is 10.7. The second-order valence-corrected chi connectivity index (χ2v) is 5.56. The summed E-state index contributed by atoms with van der Waals surface area (Å²) in [5.74, 6) is 7.50. The van der Waals surface area contributed by atoms with Crippen molar-refractivity contribution in [3.63, 3.8) is 0 Å². The van der Waals surface area contributed by atoms with E-state index in [0.717, 1.165) is 11.3 Å². The van der Waals surface area contributed by atoms with Gasteiger partial charge in [0.05, 0.1) is 0 Å². The standard InChI is InChI=1S/C14H17BrN4O/c1-8(2)10-5-4-9(3)11(6-10)20-14-12(15)13(19-16)17-7-18-14/h4-8H,16H2,1-3H3,(H,17,18,19). The Balaban J connectivity index is 2.37. The predicted molar refractivity (Wildman–Crippen MR) is 82.9 cm³/mol. The molecule has 106 valence electrons. The Bertz CT molecular complexity index is 616. The first-order chi connectivity index (χ1) is 9.52. The summed E-state index contributed by atoms with van der Waals surface area (Å²) in [6.07, 6.45) is 1.40. The lowest BCUT2D eigenvalue weighted by molar-refractivity contribution is 0.454. The van der Waals surface area contributed by atoms with Gasteiger partial charge in [0.15, 0.2) is 5.82 Å². The van der Waals surface area contributed by atoms with E-state index in [4.69, 9.17) is 10.6 Å². The fraction of sp³-hybridized carbons (Fsp3) is 0.286. The Morgan fingerprint density at radius 1 is 1.30 bits per heavy atom. The van der Waals surface area contributed by atoms with Crippen LogP contribution in [0.2, 0.25) is 0 Å². The number of hydrazine groups is 1. The molecule has 0 atom stereocenters. The van der Waals surface area contributed by atoms with Crippen molar-refractivity contribution < 1.29 is 4.74 Å². The van der Waals surface area contributed by atoms with Crippen molar-refractivity contribution in [1.29, 1.82) is 0 Å². The number of ether oxygens (including phenoxy) is 1.